The Balaban J connectivity index is 2.24. The molecule has 0 unspecified atom stereocenters. The van der Waals surface area contributed by atoms with E-state index in [1.54, 1.807) is 17.4 Å². The van der Waals surface area contributed by atoms with E-state index in [4.69, 9.17) is 10.00 Å². The number of hydrogen-bond acceptors (Lipinski definition) is 4. The van der Waals surface area contributed by atoms with Crippen molar-refractivity contribution in [3.8, 4) is 6.07 Å². The van der Waals surface area contributed by atoms with Crippen LogP contribution in [-0.2, 0) is 11.3 Å². The molecule has 0 spiro atoms. The van der Waals surface area contributed by atoms with Gasteiger partial charge < -0.3 is 9.30 Å². The van der Waals surface area contributed by atoms with E-state index in [1.807, 2.05) is 31.4 Å². The highest BCUT2D eigenvalue weighted by molar-refractivity contribution is 7.09. The molecule has 19 heavy (non-hydrogen) atoms. The van der Waals surface area contributed by atoms with Crippen molar-refractivity contribution >= 4 is 17.3 Å². The smallest absolute Gasteiger partial charge is 0.341 e. The fourth-order valence-corrected chi connectivity index (χ4v) is 2.68. The number of carbonyl (C=O) groups is 1. The van der Waals surface area contributed by atoms with Crippen molar-refractivity contribution in [1.82, 2.24) is 4.57 Å². The van der Waals surface area contributed by atoms with Crippen molar-refractivity contribution in [2.24, 2.45) is 0 Å². The van der Waals surface area contributed by atoms with Crippen LogP contribution in [0.4, 0.5) is 0 Å². The van der Waals surface area contributed by atoms with Gasteiger partial charge in [0.05, 0.1) is 12.1 Å². The molecule has 2 heterocycles. The first-order valence-electron chi connectivity index (χ1n) is 5.86. The first kappa shape index (κ1) is 13.4. The Hall–Kier alpha value is -2.06. The van der Waals surface area contributed by atoms with Crippen LogP contribution in [0.1, 0.15) is 26.6 Å². The maximum atomic E-state index is 11.8. The number of carbonyl (C=O) groups excluding carboxylic acids is 1. The molecule has 0 saturated carbocycles. The molecule has 98 valence electrons. The highest BCUT2D eigenvalue weighted by Crippen LogP contribution is 2.19. The highest BCUT2D eigenvalue weighted by atomic mass is 32.1. The molecule has 0 N–H and O–H groups in total. The van der Waals surface area contributed by atoms with Crippen molar-refractivity contribution in [3.05, 3.63) is 45.4 Å². The van der Waals surface area contributed by atoms with Crippen LogP contribution in [0.2, 0.25) is 0 Å². The van der Waals surface area contributed by atoms with E-state index >= 15 is 0 Å². The van der Waals surface area contributed by atoms with Gasteiger partial charge in [0.2, 0.25) is 0 Å². The van der Waals surface area contributed by atoms with Gasteiger partial charge in [-0.05, 0) is 31.4 Å². The maximum Gasteiger partial charge on any atom is 0.341 e. The molecule has 0 aliphatic heterocycles. The summed E-state index contributed by atoms with van der Waals surface area (Å²) in [6, 6.07) is 7.68. The average Bonchev–Trinajstić information content (AvgIpc) is 2.99. The summed E-state index contributed by atoms with van der Waals surface area (Å²) in [5.74, 6) is -0.438. The molecule has 0 aliphatic rings. The molecule has 2 aromatic heterocycles. The summed E-state index contributed by atoms with van der Waals surface area (Å²) in [4.78, 5) is 13.0. The second-order valence-electron chi connectivity index (χ2n) is 4.18. The van der Waals surface area contributed by atoms with Crippen LogP contribution in [0.15, 0.2) is 23.6 Å². The standard InChI is InChI=1S/C14H14N2O2S/c1-10-8-13(14(17)18-6-5-15)11(2)16(10)9-12-4-3-7-19-12/h3-4,7-8H,6,9H2,1-2H3. The van der Waals surface area contributed by atoms with E-state index in [2.05, 4.69) is 10.6 Å². The molecular formula is C14H14N2O2S. The van der Waals surface area contributed by atoms with Crippen LogP contribution in [0.3, 0.4) is 0 Å². The predicted molar refractivity (Wildman–Crippen MR) is 73.2 cm³/mol. The third-order valence-electron chi connectivity index (χ3n) is 2.96. The number of hydrogen-bond donors (Lipinski definition) is 0. The molecule has 2 aromatic rings. The van der Waals surface area contributed by atoms with Gasteiger partial charge in [-0.25, -0.2) is 4.79 Å². The number of esters is 1. The van der Waals surface area contributed by atoms with Gasteiger partial charge in [0.25, 0.3) is 0 Å². The van der Waals surface area contributed by atoms with Gasteiger partial charge in [-0.15, -0.1) is 11.3 Å². The molecule has 0 atom stereocenters. The van der Waals surface area contributed by atoms with E-state index in [0.29, 0.717) is 5.56 Å². The van der Waals surface area contributed by atoms with E-state index in [0.717, 1.165) is 17.9 Å². The number of aryl methyl sites for hydroxylation is 1. The second kappa shape index (κ2) is 5.72. The largest absolute Gasteiger partial charge is 0.447 e. The zero-order chi connectivity index (χ0) is 13.8. The van der Waals surface area contributed by atoms with Crippen molar-refractivity contribution in [1.29, 1.82) is 5.26 Å². The summed E-state index contributed by atoms with van der Waals surface area (Å²) in [5, 5.41) is 10.5. The third kappa shape index (κ3) is 2.85. The number of rotatable bonds is 4. The highest BCUT2D eigenvalue weighted by Gasteiger charge is 2.17. The number of aromatic nitrogens is 1. The summed E-state index contributed by atoms with van der Waals surface area (Å²) in [6.45, 7) is 4.39. The number of ether oxygens (including phenoxy) is 1. The molecule has 0 amide bonds. The van der Waals surface area contributed by atoms with E-state index in [-0.39, 0.29) is 6.61 Å². The summed E-state index contributed by atoms with van der Waals surface area (Å²) in [7, 11) is 0. The fourth-order valence-electron chi connectivity index (χ4n) is 1.99. The number of nitrogens with zero attached hydrogens (tertiary/aromatic N) is 2. The molecule has 0 fully saturated rings. The normalized spacial score (nSPS) is 10.2. The van der Waals surface area contributed by atoms with E-state index in [9.17, 15) is 4.79 Å². The van der Waals surface area contributed by atoms with Gasteiger partial charge >= 0.3 is 5.97 Å². The van der Waals surface area contributed by atoms with Crippen molar-refractivity contribution < 1.29 is 9.53 Å². The van der Waals surface area contributed by atoms with Crippen molar-refractivity contribution in [3.63, 3.8) is 0 Å². The van der Waals surface area contributed by atoms with Gasteiger partial charge in [0, 0.05) is 16.3 Å². The maximum absolute atomic E-state index is 11.8. The molecule has 5 heteroatoms. The van der Waals surface area contributed by atoms with E-state index in [1.165, 1.54) is 4.88 Å². The summed E-state index contributed by atoms with van der Waals surface area (Å²) in [5.41, 5.74) is 2.41. The lowest BCUT2D eigenvalue weighted by atomic mass is 10.2. The Labute approximate surface area is 115 Å². The minimum Gasteiger partial charge on any atom is -0.447 e. The van der Waals surface area contributed by atoms with Gasteiger partial charge in [-0.2, -0.15) is 5.26 Å². The second-order valence-corrected chi connectivity index (χ2v) is 5.22. The summed E-state index contributed by atoms with van der Waals surface area (Å²) >= 11 is 1.69. The molecule has 0 radical (unpaired) electrons. The van der Waals surface area contributed by atoms with E-state index < -0.39 is 5.97 Å². The lowest BCUT2D eigenvalue weighted by Gasteiger charge is -2.08. The Bertz CT molecular complexity index is 621. The minimum atomic E-state index is -0.438. The van der Waals surface area contributed by atoms with Crippen molar-refractivity contribution in [2.45, 2.75) is 20.4 Å². The zero-order valence-electron chi connectivity index (χ0n) is 10.8. The van der Waals surface area contributed by atoms with Gasteiger partial charge in [-0.1, -0.05) is 6.07 Å². The Kier molecular flexibility index (Phi) is 4.03. The van der Waals surface area contributed by atoms with Crippen LogP contribution in [0, 0.1) is 25.2 Å². The predicted octanol–water partition coefficient (Wildman–Crippen LogP) is 2.90. The van der Waals surface area contributed by atoms with Crippen LogP contribution in [-0.4, -0.2) is 17.1 Å². The van der Waals surface area contributed by atoms with Crippen LogP contribution < -0.4 is 0 Å². The monoisotopic (exact) mass is 274 g/mol. The first-order valence-corrected chi connectivity index (χ1v) is 6.74. The molecular weight excluding hydrogens is 260 g/mol. The lowest BCUT2D eigenvalue weighted by molar-refractivity contribution is 0.0554. The quantitative estimate of drug-likeness (QED) is 0.805. The number of thiophene rings is 1. The zero-order valence-corrected chi connectivity index (χ0v) is 11.7. The lowest BCUT2D eigenvalue weighted by Crippen LogP contribution is -2.08. The third-order valence-corrected chi connectivity index (χ3v) is 3.82. The molecule has 0 aromatic carbocycles. The summed E-state index contributed by atoms with van der Waals surface area (Å²) in [6.07, 6.45) is 0. The Morgan fingerprint density at radius 2 is 2.32 bits per heavy atom. The Morgan fingerprint density at radius 1 is 1.53 bits per heavy atom. The molecule has 2 rings (SSSR count). The van der Waals surface area contributed by atoms with Crippen LogP contribution in [0.5, 0.6) is 0 Å². The SMILES string of the molecule is Cc1cc(C(=O)OCC#N)c(C)n1Cc1cccs1. The molecule has 0 bridgehead atoms. The Morgan fingerprint density at radius 3 is 2.95 bits per heavy atom. The van der Waals surface area contributed by atoms with Gasteiger partial charge in [-0.3, -0.25) is 0 Å². The molecule has 4 nitrogen and oxygen atoms in total. The van der Waals surface area contributed by atoms with Gasteiger partial charge in [0.15, 0.2) is 6.61 Å². The van der Waals surface area contributed by atoms with Crippen LogP contribution in [0.25, 0.3) is 0 Å². The molecule has 0 aliphatic carbocycles. The first-order chi connectivity index (χ1) is 9.13. The number of nitriles is 1. The molecule has 0 saturated heterocycles. The van der Waals surface area contributed by atoms with Crippen LogP contribution >= 0.6 is 11.3 Å². The van der Waals surface area contributed by atoms with Crippen molar-refractivity contribution in [2.75, 3.05) is 6.61 Å². The fraction of sp³-hybridized carbons (Fsp3) is 0.286. The average molecular weight is 274 g/mol. The van der Waals surface area contributed by atoms with Gasteiger partial charge in [0.1, 0.15) is 6.07 Å². The summed E-state index contributed by atoms with van der Waals surface area (Å²) < 4.78 is 6.93. The topological polar surface area (TPSA) is 55.0 Å². The minimum absolute atomic E-state index is 0.215.